The molecule has 0 aliphatic heterocycles. The van der Waals surface area contributed by atoms with Crippen LogP contribution in [0, 0.1) is 0 Å². The molecule has 100 valence electrons. The van der Waals surface area contributed by atoms with Crippen LogP contribution in [-0.4, -0.2) is 6.54 Å². The van der Waals surface area contributed by atoms with Crippen LogP contribution in [0.5, 0.6) is 0 Å². The third kappa shape index (κ3) is 2.45. The monoisotopic (exact) mass is 261 g/mol. The van der Waals surface area contributed by atoms with Gasteiger partial charge in [-0.15, -0.1) is 0 Å². The Balaban J connectivity index is 2.15. The molecule has 3 aromatic rings. The zero-order chi connectivity index (χ0) is 13.8. The summed E-state index contributed by atoms with van der Waals surface area (Å²) in [7, 11) is 0. The van der Waals surface area contributed by atoms with Gasteiger partial charge < -0.3 is 5.73 Å². The number of nitrogens with two attached hydrogens (primary N) is 1. The van der Waals surface area contributed by atoms with Crippen molar-refractivity contribution in [3.05, 3.63) is 83.9 Å². The third-order valence-corrected chi connectivity index (χ3v) is 3.86. The van der Waals surface area contributed by atoms with Crippen LogP contribution in [0.2, 0.25) is 0 Å². The van der Waals surface area contributed by atoms with Crippen molar-refractivity contribution in [2.24, 2.45) is 5.73 Å². The average molecular weight is 261 g/mol. The molecule has 1 unspecified atom stereocenters. The number of hydrogen-bond acceptors (Lipinski definition) is 1. The summed E-state index contributed by atoms with van der Waals surface area (Å²) in [6, 6.07) is 25.8. The molecule has 0 saturated heterocycles. The molecular formula is C19H19N. The molecule has 3 rings (SSSR count). The first kappa shape index (κ1) is 12.9. The largest absolute Gasteiger partial charge is 0.330 e. The molecule has 0 amide bonds. The smallest absolute Gasteiger partial charge is 0.0107 e. The number of fused-ring (bicyclic) bond motifs is 1. The Morgan fingerprint density at radius 3 is 2.25 bits per heavy atom. The highest BCUT2D eigenvalue weighted by Crippen LogP contribution is 2.32. The summed E-state index contributed by atoms with van der Waals surface area (Å²) in [5, 5.41) is 2.63. The van der Waals surface area contributed by atoms with E-state index in [1.807, 2.05) is 0 Å². The highest BCUT2D eigenvalue weighted by molar-refractivity contribution is 5.86. The second-order valence-electron chi connectivity index (χ2n) is 5.11. The van der Waals surface area contributed by atoms with Crippen molar-refractivity contribution < 1.29 is 0 Å². The molecule has 3 aromatic carbocycles. The highest BCUT2D eigenvalue weighted by atomic mass is 14.5. The molecule has 1 heteroatoms. The van der Waals surface area contributed by atoms with E-state index < -0.39 is 0 Å². The van der Waals surface area contributed by atoms with Crippen LogP contribution in [0.25, 0.3) is 10.8 Å². The van der Waals surface area contributed by atoms with Gasteiger partial charge in [0.15, 0.2) is 0 Å². The van der Waals surface area contributed by atoms with E-state index in [1.165, 1.54) is 21.9 Å². The van der Waals surface area contributed by atoms with Crippen LogP contribution in [0.3, 0.4) is 0 Å². The molecule has 0 bridgehead atoms. The normalized spacial score (nSPS) is 12.4. The standard InChI is InChI=1S/C19H19N/c20-14-13-18(15-7-2-1-3-8-15)19-12-6-10-16-9-4-5-11-17(16)19/h1-12,18H,13-14,20H2. The predicted octanol–water partition coefficient (Wildman–Crippen LogP) is 4.32. The SMILES string of the molecule is NCCC(c1ccccc1)c1cccc2ccccc12. The maximum atomic E-state index is 5.85. The summed E-state index contributed by atoms with van der Waals surface area (Å²) >= 11 is 0. The molecular weight excluding hydrogens is 242 g/mol. The fourth-order valence-electron chi connectivity index (χ4n) is 2.91. The quantitative estimate of drug-likeness (QED) is 0.743. The Morgan fingerprint density at radius 1 is 0.750 bits per heavy atom. The lowest BCUT2D eigenvalue weighted by Crippen LogP contribution is -2.09. The summed E-state index contributed by atoms with van der Waals surface area (Å²) in [5.74, 6) is 0.368. The molecule has 20 heavy (non-hydrogen) atoms. The second kappa shape index (κ2) is 5.89. The van der Waals surface area contributed by atoms with E-state index >= 15 is 0 Å². The number of rotatable bonds is 4. The molecule has 0 aliphatic rings. The minimum absolute atomic E-state index is 0.368. The van der Waals surface area contributed by atoms with Crippen LogP contribution in [0.15, 0.2) is 72.8 Å². The fraction of sp³-hybridized carbons (Fsp3) is 0.158. The van der Waals surface area contributed by atoms with Crippen molar-refractivity contribution in [3.8, 4) is 0 Å². The molecule has 2 N–H and O–H groups in total. The Bertz CT molecular complexity index is 683. The van der Waals surface area contributed by atoms with Gasteiger partial charge in [-0.05, 0) is 34.9 Å². The molecule has 0 radical (unpaired) electrons. The minimum Gasteiger partial charge on any atom is -0.330 e. The third-order valence-electron chi connectivity index (χ3n) is 3.86. The Morgan fingerprint density at radius 2 is 1.45 bits per heavy atom. The van der Waals surface area contributed by atoms with Gasteiger partial charge in [-0.25, -0.2) is 0 Å². The van der Waals surface area contributed by atoms with E-state index in [2.05, 4.69) is 72.8 Å². The lowest BCUT2D eigenvalue weighted by atomic mass is 9.85. The van der Waals surface area contributed by atoms with Gasteiger partial charge in [-0.1, -0.05) is 72.8 Å². The number of benzene rings is 3. The molecule has 0 fully saturated rings. The molecule has 0 aliphatic carbocycles. The number of hydrogen-bond donors (Lipinski definition) is 1. The van der Waals surface area contributed by atoms with Crippen molar-refractivity contribution in [1.29, 1.82) is 0 Å². The van der Waals surface area contributed by atoms with E-state index in [0.717, 1.165) is 6.42 Å². The maximum Gasteiger partial charge on any atom is 0.0107 e. The van der Waals surface area contributed by atoms with E-state index in [-0.39, 0.29) is 0 Å². The van der Waals surface area contributed by atoms with Crippen molar-refractivity contribution in [1.82, 2.24) is 0 Å². The predicted molar refractivity (Wildman–Crippen MR) is 85.9 cm³/mol. The van der Waals surface area contributed by atoms with Gasteiger partial charge in [-0.2, -0.15) is 0 Å². The van der Waals surface area contributed by atoms with Crippen molar-refractivity contribution in [2.75, 3.05) is 6.54 Å². The van der Waals surface area contributed by atoms with Crippen LogP contribution in [-0.2, 0) is 0 Å². The second-order valence-corrected chi connectivity index (χ2v) is 5.11. The van der Waals surface area contributed by atoms with Gasteiger partial charge in [-0.3, -0.25) is 0 Å². The first-order chi connectivity index (χ1) is 9.90. The van der Waals surface area contributed by atoms with Crippen molar-refractivity contribution in [2.45, 2.75) is 12.3 Å². The topological polar surface area (TPSA) is 26.0 Å². The van der Waals surface area contributed by atoms with Crippen molar-refractivity contribution >= 4 is 10.8 Å². The summed E-state index contributed by atoms with van der Waals surface area (Å²) in [6.07, 6.45) is 0.970. The molecule has 0 saturated carbocycles. The Kier molecular flexibility index (Phi) is 3.80. The molecule has 1 nitrogen and oxygen atoms in total. The highest BCUT2D eigenvalue weighted by Gasteiger charge is 2.15. The van der Waals surface area contributed by atoms with Crippen LogP contribution in [0.1, 0.15) is 23.5 Å². The summed E-state index contributed by atoms with van der Waals surface area (Å²) < 4.78 is 0. The van der Waals surface area contributed by atoms with Gasteiger partial charge in [0, 0.05) is 5.92 Å². The van der Waals surface area contributed by atoms with E-state index in [4.69, 9.17) is 5.73 Å². The van der Waals surface area contributed by atoms with Gasteiger partial charge >= 0.3 is 0 Å². The van der Waals surface area contributed by atoms with Gasteiger partial charge in [0.25, 0.3) is 0 Å². The average Bonchev–Trinajstić information content (AvgIpc) is 2.53. The maximum absolute atomic E-state index is 5.85. The van der Waals surface area contributed by atoms with Gasteiger partial charge in [0.2, 0.25) is 0 Å². The lowest BCUT2D eigenvalue weighted by molar-refractivity contribution is 0.731. The first-order valence-corrected chi connectivity index (χ1v) is 7.13. The first-order valence-electron chi connectivity index (χ1n) is 7.13. The molecule has 0 heterocycles. The molecule has 0 spiro atoms. The summed E-state index contributed by atoms with van der Waals surface area (Å²) in [5.41, 5.74) is 8.56. The fourth-order valence-corrected chi connectivity index (χ4v) is 2.91. The van der Waals surface area contributed by atoms with Crippen LogP contribution in [0.4, 0.5) is 0 Å². The zero-order valence-corrected chi connectivity index (χ0v) is 11.5. The summed E-state index contributed by atoms with van der Waals surface area (Å²) in [6.45, 7) is 0.697. The Labute approximate surface area is 120 Å². The van der Waals surface area contributed by atoms with Gasteiger partial charge in [0.05, 0.1) is 0 Å². The van der Waals surface area contributed by atoms with Crippen molar-refractivity contribution in [3.63, 3.8) is 0 Å². The van der Waals surface area contributed by atoms with E-state index in [1.54, 1.807) is 0 Å². The van der Waals surface area contributed by atoms with E-state index in [9.17, 15) is 0 Å². The molecule has 0 aromatic heterocycles. The van der Waals surface area contributed by atoms with Crippen LogP contribution >= 0.6 is 0 Å². The summed E-state index contributed by atoms with van der Waals surface area (Å²) in [4.78, 5) is 0. The van der Waals surface area contributed by atoms with E-state index in [0.29, 0.717) is 12.5 Å². The minimum atomic E-state index is 0.368. The van der Waals surface area contributed by atoms with Gasteiger partial charge in [0.1, 0.15) is 0 Å². The zero-order valence-electron chi connectivity index (χ0n) is 11.5. The molecule has 1 atom stereocenters. The lowest BCUT2D eigenvalue weighted by Gasteiger charge is -2.19. The Hall–Kier alpha value is -2.12. The van der Waals surface area contributed by atoms with Crippen LogP contribution < -0.4 is 5.73 Å².